The molecule has 0 saturated heterocycles. The maximum Gasteiger partial charge on any atom is 0.119 e. The quantitative estimate of drug-likeness (QED) is 0.725. The van der Waals surface area contributed by atoms with Crippen molar-refractivity contribution in [2.45, 2.75) is 12.8 Å². The highest BCUT2D eigenvalue weighted by atomic mass is 16.5. The summed E-state index contributed by atoms with van der Waals surface area (Å²) < 4.78 is 10.9. The third-order valence-corrected chi connectivity index (χ3v) is 3.01. The van der Waals surface area contributed by atoms with Gasteiger partial charge in [-0.25, -0.2) is 0 Å². The molecule has 0 N–H and O–H groups in total. The maximum absolute atomic E-state index is 8.47. The predicted molar refractivity (Wildman–Crippen MR) is 83.3 cm³/mol. The number of rotatable bonds is 7. The largest absolute Gasteiger partial charge is 0.493 e. The van der Waals surface area contributed by atoms with Gasteiger partial charge in [0.2, 0.25) is 0 Å². The molecular weight excluding hydrogens is 276 g/mol. The Bertz CT molecular complexity index is 603. The number of hydrogen-bond donors (Lipinski definition) is 0. The van der Waals surface area contributed by atoms with Gasteiger partial charge in [-0.15, -0.1) is 0 Å². The summed E-state index contributed by atoms with van der Waals surface area (Å²) in [5, 5.41) is 16.9. The molecule has 0 unspecified atom stereocenters. The lowest BCUT2D eigenvalue weighted by molar-refractivity contribution is 0.326. The zero-order valence-electron chi connectivity index (χ0n) is 12.2. The first-order valence-electron chi connectivity index (χ1n) is 7.03. The fourth-order valence-corrected chi connectivity index (χ4v) is 1.92. The number of ether oxygens (including phenoxy) is 2. The lowest BCUT2D eigenvalue weighted by Gasteiger charge is -2.07. The van der Waals surface area contributed by atoms with Crippen molar-refractivity contribution in [3.05, 3.63) is 48.5 Å². The second-order valence-corrected chi connectivity index (χ2v) is 4.56. The Labute approximate surface area is 130 Å². The van der Waals surface area contributed by atoms with Crippen LogP contribution in [-0.4, -0.2) is 13.2 Å². The second-order valence-electron chi connectivity index (χ2n) is 4.56. The van der Waals surface area contributed by atoms with E-state index in [1.54, 1.807) is 0 Å². The Hall–Kier alpha value is -2.98. The van der Waals surface area contributed by atoms with Gasteiger partial charge < -0.3 is 9.47 Å². The van der Waals surface area contributed by atoms with Gasteiger partial charge in [0.1, 0.15) is 24.7 Å². The van der Waals surface area contributed by atoms with E-state index in [1.807, 2.05) is 60.7 Å². The highest BCUT2D eigenvalue weighted by Crippen LogP contribution is 2.24. The fourth-order valence-electron chi connectivity index (χ4n) is 1.92. The number of nitrogens with zero attached hydrogens (tertiary/aromatic N) is 2. The van der Waals surface area contributed by atoms with Crippen LogP contribution in [0.25, 0.3) is 11.1 Å². The van der Waals surface area contributed by atoms with Crippen molar-refractivity contribution < 1.29 is 9.47 Å². The Morgan fingerprint density at radius 1 is 0.636 bits per heavy atom. The summed E-state index contributed by atoms with van der Waals surface area (Å²) in [6, 6.07) is 19.6. The molecule has 2 rings (SSSR count). The minimum atomic E-state index is 0.384. The average Bonchev–Trinajstić information content (AvgIpc) is 2.57. The normalized spacial score (nSPS) is 9.55. The topological polar surface area (TPSA) is 66.0 Å². The van der Waals surface area contributed by atoms with Crippen LogP contribution in [-0.2, 0) is 0 Å². The number of benzene rings is 2. The van der Waals surface area contributed by atoms with Gasteiger partial charge in [0.05, 0.1) is 25.0 Å². The molecule has 4 nitrogen and oxygen atoms in total. The van der Waals surface area contributed by atoms with E-state index in [1.165, 1.54) is 0 Å². The third kappa shape index (κ3) is 4.54. The van der Waals surface area contributed by atoms with Crippen LogP contribution in [0.15, 0.2) is 48.5 Å². The van der Waals surface area contributed by atoms with E-state index < -0.39 is 0 Å². The monoisotopic (exact) mass is 292 g/mol. The summed E-state index contributed by atoms with van der Waals surface area (Å²) in [5.74, 6) is 1.52. The number of nitriles is 2. The summed E-state index contributed by atoms with van der Waals surface area (Å²) in [7, 11) is 0. The molecule has 2 aromatic carbocycles. The van der Waals surface area contributed by atoms with E-state index >= 15 is 0 Å². The average molecular weight is 292 g/mol. The molecule has 22 heavy (non-hydrogen) atoms. The predicted octanol–water partition coefficient (Wildman–Crippen LogP) is 3.94. The standard InChI is InChI=1S/C18H16N2O2/c19-11-1-13-21-17-7-3-15(4-8-17)16-5-9-18(10-6-16)22-14-2-12-20/h3-10H,1-2,13-14H2. The van der Waals surface area contributed by atoms with Crippen LogP contribution in [0.4, 0.5) is 0 Å². The van der Waals surface area contributed by atoms with Crippen molar-refractivity contribution in [2.75, 3.05) is 13.2 Å². The van der Waals surface area contributed by atoms with E-state index in [-0.39, 0.29) is 0 Å². The van der Waals surface area contributed by atoms with Crippen molar-refractivity contribution in [3.63, 3.8) is 0 Å². The Morgan fingerprint density at radius 2 is 1.00 bits per heavy atom. The minimum absolute atomic E-state index is 0.384. The molecule has 0 saturated carbocycles. The number of hydrogen-bond acceptors (Lipinski definition) is 4. The van der Waals surface area contributed by atoms with E-state index in [2.05, 4.69) is 0 Å². The highest BCUT2D eigenvalue weighted by molar-refractivity contribution is 5.64. The van der Waals surface area contributed by atoms with Gasteiger partial charge in [-0.05, 0) is 35.4 Å². The first kappa shape index (κ1) is 15.4. The summed E-state index contributed by atoms with van der Waals surface area (Å²) >= 11 is 0. The van der Waals surface area contributed by atoms with Gasteiger partial charge in [0.25, 0.3) is 0 Å². The maximum atomic E-state index is 8.47. The molecule has 0 heterocycles. The molecule has 0 aliphatic rings. The summed E-state index contributed by atoms with van der Waals surface area (Å²) in [6.45, 7) is 0.815. The van der Waals surface area contributed by atoms with Crippen molar-refractivity contribution in [3.8, 4) is 34.8 Å². The molecule has 4 heteroatoms. The van der Waals surface area contributed by atoms with Crippen LogP contribution in [0.1, 0.15) is 12.8 Å². The minimum Gasteiger partial charge on any atom is -0.493 e. The van der Waals surface area contributed by atoms with Crippen LogP contribution in [0, 0.1) is 22.7 Å². The summed E-state index contributed by atoms with van der Waals surface area (Å²) in [4.78, 5) is 0. The lowest BCUT2D eigenvalue weighted by Crippen LogP contribution is -1.95. The van der Waals surface area contributed by atoms with Crippen LogP contribution in [0.5, 0.6) is 11.5 Å². The molecule has 0 spiro atoms. The van der Waals surface area contributed by atoms with Gasteiger partial charge in [-0.1, -0.05) is 24.3 Å². The lowest BCUT2D eigenvalue weighted by atomic mass is 10.1. The second kappa shape index (κ2) is 8.34. The van der Waals surface area contributed by atoms with Crippen LogP contribution >= 0.6 is 0 Å². The molecule has 0 amide bonds. The van der Waals surface area contributed by atoms with Crippen molar-refractivity contribution in [1.82, 2.24) is 0 Å². The van der Waals surface area contributed by atoms with Crippen LogP contribution < -0.4 is 9.47 Å². The van der Waals surface area contributed by atoms with Gasteiger partial charge in [0.15, 0.2) is 0 Å². The van der Waals surface area contributed by atoms with Crippen molar-refractivity contribution >= 4 is 0 Å². The van der Waals surface area contributed by atoms with Gasteiger partial charge in [-0.3, -0.25) is 0 Å². The zero-order valence-corrected chi connectivity index (χ0v) is 12.2. The molecule has 2 aromatic rings. The Morgan fingerprint density at radius 3 is 1.32 bits per heavy atom. The third-order valence-electron chi connectivity index (χ3n) is 3.01. The molecule has 0 aliphatic heterocycles. The fraction of sp³-hybridized carbons (Fsp3) is 0.222. The first-order chi connectivity index (χ1) is 10.8. The SMILES string of the molecule is N#CCCOc1ccc(-c2ccc(OCCC#N)cc2)cc1. The van der Waals surface area contributed by atoms with Gasteiger partial charge >= 0.3 is 0 Å². The highest BCUT2D eigenvalue weighted by Gasteiger charge is 2.00. The molecule has 0 bridgehead atoms. The van der Waals surface area contributed by atoms with E-state index in [9.17, 15) is 0 Å². The molecule has 0 fully saturated rings. The summed E-state index contributed by atoms with van der Waals surface area (Å²) in [5.41, 5.74) is 2.16. The molecule has 0 aromatic heterocycles. The van der Waals surface area contributed by atoms with E-state index in [4.69, 9.17) is 20.0 Å². The zero-order chi connectivity index (χ0) is 15.6. The molecule has 0 atom stereocenters. The Balaban J connectivity index is 1.96. The molecular formula is C18H16N2O2. The van der Waals surface area contributed by atoms with Gasteiger partial charge in [-0.2, -0.15) is 10.5 Å². The molecule has 0 aliphatic carbocycles. The van der Waals surface area contributed by atoms with Crippen LogP contribution in [0.2, 0.25) is 0 Å². The van der Waals surface area contributed by atoms with E-state index in [0.29, 0.717) is 26.1 Å². The smallest absolute Gasteiger partial charge is 0.119 e. The summed E-state index contributed by atoms with van der Waals surface area (Å²) in [6.07, 6.45) is 0.768. The van der Waals surface area contributed by atoms with E-state index in [0.717, 1.165) is 22.6 Å². The first-order valence-corrected chi connectivity index (χ1v) is 7.03. The molecule has 110 valence electrons. The van der Waals surface area contributed by atoms with Crippen molar-refractivity contribution in [1.29, 1.82) is 10.5 Å². The van der Waals surface area contributed by atoms with Crippen LogP contribution in [0.3, 0.4) is 0 Å². The van der Waals surface area contributed by atoms with Gasteiger partial charge in [0, 0.05) is 0 Å². The molecule has 0 radical (unpaired) electrons. The Kier molecular flexibility index (Phi) is 5.84. The van der Waals surface area contributed by atoms with Crippen molar-refractivity contribution in [2.24, 2.45) is 0 Å².